The predicted octanol–water partition coefficient (Wildman–Crippen LogP) is 1.83. The first-order valence-corrected chi connectivity index (χ1v) is 5.64. The number of carbonyl (C=O) groups is 2. The second-order valence-corrected chi connectivity index (χ2v) is 3.90. The van der Waals surface area contributed by atoms with Gasteiger partial charge in [-0.2, -0.15) is 13.2 Å². The molecule has 0 radical (unpaired) electrons. The van der Waals surface area contributed by atoms with Gasteiger partial charge in [0.2, 0.25) is 5.96 Å². The van der Waals surface area contributed by atoms with E-state index in [1.54, 1.807) is 0 Å². The molecular weight excluding hydrogens is 315 g/mol. The number of nitrogens with one attached hydrogen (secondary N) is 1. The van der Waals surface area contributed by atoms with Crippen LogP contribution < -0.4 is 15.8 Å². The highest BCUT2D eigenvalue weighted by Gasteiger charge is 2.35. The van der Waals surface area contributed by atoms with Crippen LogP contribution in [0.4, 0.5) is 13.2 Å². The van der Waals surface area contributed by atoms with Crippen molar-refractivity contribution in [1.29, 1.82) is 0 Å². The van der Waals surface area contributed by atoms with E-state index < -0.39 is 35.3 Å². The Kier molecular flexibility index (Phi) is 5.14. The van der Waals surface area contributed by atoms with Crippen LogP contribution in [0, 0.1) is 0 Å². The lowest BCUT2D eigenvalue weighted by molar-refractivity contribution is -0.141. The molecule has 0 unspecified atom stereocenters. The Morgan fingerprint density at radius 3 is 2.48 bits per heavy atom. The van der Waals surface area contributed by atoms with E-state index >= 15 is 0 Å². The molecule has 6 nitrogen and oxygen atoms in total. The molecule has 1 rings (SSSR count). The minimum atomic E-state index is -4.81. The Balaban J connectivity index is 3.21. The molecule has 1 aromatic carbocycles. The average Bonchev–Trinajstić information content (AvgIpc) is 2.36. The quantitative estimate of drug-likeness (QED) is 0.376. The molecule has 21 heavy (non-hydrogen) atoms. The van der Waals surface area contributed by atoms with Crippen molar-refractivity contribution in [1.82, 2.24) is 5.32 Å². The number of hydrogen-bond donors (Lipinski definition) is 2. The van der Waals surface area contributed by atoms with E-state index in [1.165, 1.54) is 0 Å². The van der Waals surface area contributed by atoms with Crippen molar-refractivity contribution in [2.45, 2.75) is 13.1 Å². The van der Waals surface area contributed by atoms with Gasteiger partial charge in [0.25, 0.3) is 5.91 Å². The summed E-state index contributed by atoms with van der Waals surface area (Å²) in [7, 11) is 0. The number of hydrogen-bond acceptors (Lipinski definition) is 4. The molecular formula is C11H9ClF3N3O3. The first-order chi connectivity index (χ1) is 9.65. The van der Waals surface area contributed by atoms with E-state index in [0.717, 1.165) is 19.1 Å². The second kappa shape index (κ2) is 6.44. The summed E-state index contributed by atoms with van der Waals surface area (Å²) < 4.78 is 46.0. The molecule has 0 spiro atoms. The zero-order valence-electron chi connectivity index (χ0n) is 10.5. The highest BCUT2D eigenvalue weighted by Crippen LogP contribution is 2.36. The lowest BCUT2D eigenvalue weighted by Gasteiger charge is -2.13. The minimum Gasteiger partial charge on any atom is -0.426 e. The van der Waals surface area contributed by atoms with Crippen LogP contribution in [0.5, 0.6) is 5.75 Å². The molecule has 0 saturated heterocycles. The normalized spacial score (nSPS) is 12.0. The summed E-state index contributed by atoms with van der Waals surface area (Å²) in [6.07, 6.45) is -4.81. The summed E-state index contributed by atoms with van der Waals surface area (Å²) in [5.74, 6) is -3.04. The number of alkyl halides is 3. The third-order valence-corrected chi connectivity index (χ3v) is 2.32. The van der Waals surface area contributed by atoms with Gasteiger partial charge < -0.3 is 10.5 Å². The van der Waals surface area contributed by atoms with E-state index in [-0.39, 0.29) is 5.56 Å². The molecule has 0 bridgehead atoms. The maximum Gasteiger partial charge on any atom is 0.420 e. The fourth-order valence-electron chi connectivity index (χ4n) is 1.35. The van der Waals surface area contributed by atoms with E-state index in [2.05, 4.69) is 9.25 Å². The lowest BCUT2D eigenvalue weighted by atomic mass is 10.1. The van der Waals surface area contributed by atoms with Crippen LogP contribution in [0.2, 0.25) is 0 Å². The van der Waals surface area contributed by atoms with Crippen LogP contribution >= 0.6 is 11.8 Å². The largest absolute Gasteiger partial charge is 0.426 e. The van der Waals surface area contributed by atoms with Gasteiger partial charge in [0.1, 0.15) is 5.75 Å². The molecule has 0 aliphatic heterocycles. The van der Waals surface area contributed by atoms with Crippen molar-refractivity contribution in [2.75, 3.05) is 0 Å². The molecule has 0 aliphatic rings. The van der Waals surface area contributed by atoms with Crippen LogP contribution in [0.3, 0.4) is 0 Å². The van der Waals surface area contributed by atoms with Crippen molar-refractivity contribution >= 4 is 29.6 Å². The Hall–Kier alpha value is -2.29. The van der Waals surface area contributed by atoms with E-state index in [0.29, 0.717) is 6.07 Å². The molecule has 0 atom stereocenters. The summed E-state index contributed by atoms with van der Waals surface area (Å²) in [4.78, 5) is 22.4. The number of nitrogens with zero attached hydrogens (tertiary/aromatic N) is 1. The Morgan fingerprint density at radius 1 is 1.38 bits per heavy atom. The molecule has 0 aromatic heterocycles. The summed E-state index contributed by atoms with van der Waals surface area (Å²) in [6, 6.07) is 2.41. The summed E-state index contributed by atoms with van der Waals surface area (Å²) in [6.45, 7) is 0.957. The maximum atomic E-state index is 12.9. The standard InChI is InChI=1S/C11H9ClF3N3O3/c1-5(19)21-8-3-2-6(4-7(8)11(13,14)15)9(20)17-10(16)18-12/h2-4H,1H3,(H3,16,17,18,20). The molecule has 114 valence electrons. The summed E-state index contributed by atoms with van der Waals surface area (Å²) >= 11 is 4.98. The van der Waals surface area contributed by atoms with Gasteiger partial charge in [-0.3, -0.25) is 14.9 Å². The van der Waals surface area contributed by atoms with Gasteiger partial charge in [-0.15, -0.1) is 4.51 Å². The molecule has 3 N–H and O–H groups in total. The fraction of sp³-hybridized carbons (Fsp3) is 0.182. The monoisotopic (exact) mass is 323 g/mol. The Bertz CT molecular complexity index is 602. The van der Waals surface area contributed by atoms with Gasteiger partial charge in [-0.1, -0.05) is 0 Å². The molecule has 1 amide bonds. The number of benzene rings is 1. The van der Waals surface area contributed by atoms with Crippen molar-refractivity contribution in [3.63, 3.8) is 0 Å². The first kappa shape index (κ1) is 16.8. The topological polar surface area (TPSA) is 93.8 Å². The number of rotatable bonds is 2. The molecule has 0 fully saturated rings. The van der Waals surface area contributed by atoms with Crippen LogP contribution in [0.1, 0.15) is 22.8 Å². The minimum absolute atomic E-state index is 0.360. The number of ether oxygens (including phenoxy) is 1. The molecule has 0 aliphatic carbocycles. The van der Waals surface area contributed by atoms with Gasteiger partial charge >= 0.3 is 12.1 Å². The third kappa shape index (κ3) is 4.63. The maximum absolute atomic E-state index is 12.9. The van der Waals surface area contributed by atoms with E-state index in [9.17, 15) is 22.8 Å². The highest BCUT2D eigenvalue weighted by atomic mass is 35.5. The van der Waals surface area contributed by atoms with Gasteiger partial charge in [0.15, 0.2) is 0 Å². The summed E-state index contributed by atoms with van der Waals surface area (Å²) in [5, 5.41) is 1.97. The highest BCUT2D eigenvalue weighted by molar-refractivity contribution is 6.21. The third-order valence-electron chi connectivity index (χ3n) is 2.13. The molecule has 1 aromatic rings. The number of halogens is 4. The van der Waals surface area contributed by atoms with Crippen molar-refractivity contribution in [3.8, 4) is 5.75 Å². The van der Waals surface area contributed by atoms with Gasteiger partial charge in [0, 0.05) is 24.3 Å². The van der Waals surface area contributed by atoms with E-state index in [1.807, 2.05) is 5.32 Å². The van der Waals surface area contributed by atoms with Crippen LogP contribution in [0.25, 0.3) is 0 Å². The Morgan fingerprint density at radius 2 is 2.00 bits per heavy atom. The molecule has 10 heteroatoms. The van der Waals surface area contributed by atoms with Crippen molar-refractivity contribution < 1.29 is 27.5 Å². The first-order valence-electron chi connectivity index (χ1n) is 5.30. The number of nitrogens with two attached hydrogens (primary N) is 1. The van der Waals surface area contributed by atoms with Crippen LogP contribution in [-0.4, -0.2) is 17.8 Å². The number of esters is 1. The zero-order valence-corrected chi connectivity index (χ0v) is 11.2. The predicted molar refractivity (Wildman–Crippen MR) is 67.7 cm³/mol. The van der Waals surface area contributed by atoms with Crippen molar-refractivity contribution in [2.24, 2.45) is 10.2 Å². The number of carbonyl (C=O) groups excluding carboxylic acids is 2. The smallest absolute Gasteiger partial charge is 0.420 e. The van der Waals surface area contributed by atoms with E-state index in [4.69, 9.17) is 17.5 Å². The Labute approximate surface area is 121 Å². The van der Waals surface area contributed by atoms with Gasteiger partial charge in [-0.25, -0.2) is 0 Å². The van der Waals surface area contributed by atoms with Crippen LogP contribution in [-0.2, 0) is 11.0 Å². The van der Waals surface area contributed by atoms with Crippen molar-refractivity contribution in [3.05, 3.63) is 29.3 Å². The van der Waals surface area contributed by atoms with Gasteiger partial charge in [0.05, 0.1) is 5.56 Å². The number of amides is 1. The zero-order chi connectivity index (χ0) is 16.2. The lowest BCUT2D eigenvalue weighted by Crippen LogP contribution is -2.36. The van der Waals surface area contributed by atoms with Gasteiger partial charge in [-0.05, 0) is 18.2 Å². The fourth-order valence-corrected chi connectivity index (χ4v) is 1.39. The SMILES string of the molecule is CC(=O)Oc1ccc(C(=O)NC(N)=NCl)cc1C(F)(F)F. The molecule has 0 heterocycles. The number of guanidine groups is 1. The average molecular weight is 324 g/mol. The van der Waals surface area contributed by atoms with Crippen LogP contribution in [0.15, 0.2) is 22.7 Å². The summed E-state index contributed by atoms with van der Waals surface area (Å²) in [5.41, 5.74) is 3.49. The molecule has 0 saturated carbocycles. The second-order valence-electron chi connectivity index (χ2n) is 3.73.